The van der Waals surface area contributed by atoms with Gasteiger partial charge in [0.2, 0.25) is 0 Å². The second-order valence-corrected chi connectivity index (χ2v) is 10.8. The summed E-state index contributed by atoms with van der Waals surface area (Å²) in [6.45, 7) is 8.24. The van der Waals surface area contributed by atoms with Crippen molar-refractivity contribution in [2.75, 3.05) is 0 Å². The topological polar surface area (TPSA) is 57.1 Å². The molecule has 1 aliphatic heterocycles. The van der Waals surface area contributed by atoms with Crippen LogP contribution in [0.4, 0.5) is 0 Å². The Morgan fingerprint density at radius 3 is 1.44 bits per heavy atom. The van der Waals surface area contributed by atoms with Gasteiger partial charge in [-0.05, 0) is 44.3 Å². The van der Waals surface area contributed by atoms with Crippen LogP contribution >= 0.6 is 0 Å². The van der Waals surface area contributed by atoms with Crippen molar-refractivity contribution in [1.29, 1.82) is 0 Å². The number of hydrogen-bond acceptors (Lipinski definition) is 5. The Hall–Kier alpha value is -4.13. The molecule has 5 nitrogen and oxygen atoms in total. The fourth-order valence-electron chi connectivity index (χ4n) is 4.60. The van der Waals surface area contributed by atoms with E-state index in [9.17, 15) is 0 Å². The molecule has 1 saturated heterocycles. The Morgan fingerprint density at radius 1 is 0.462 bits per heavy atom. The molecule has 0 atom stereocenters. The van der Waals surface area contributed by atoms with Crippen LogP contribution in [0.2, 0.25) is 0 Å². The van der Waals surface area contributed by atoms with Crippen molar-refractivity contribution in [2.45, 2.75) is 38.9 Å². The molecule has 0 unspecified atom stereocenters. The molecule has 0 bridgehead atoms. The van der Waals surface area contributed by atoms with Crippen molar-refractivity contribution in [1.82, 2.24) is 15.0 Å². The van der Waals surface area contributed by atoms with Gasteiger partial charge in [-0.3, -0.25) is 0 Å². The highest BCUT2D eigenvalue weighted by atomic mass is 16.7. The van der Waals surface area contributed by atoms with Gasteiger partial charge >= 0.3 is 7.12 Å². The lowest BCUT2D eigenvalue weighted by molar-refractivity contribution is 0.00578. The number of nitrogens with zero attached hydrogens (tertiary/aromatic N) is 3. The summed E-state index contributed by atoms with van der Waals surface area (Å²) in [6.07, 6.45) is 0. The van der Waals surface area contributed by atoms with Crippen LogP contribution in [-0.4, -0.2) is 33.3 Å². The average Bonchev–Trinajstić information content (AvgIpc) is 3.20. The van der Waals surface area contributed by atoms with Gasteiger partial charge in [-0.15, -0.1) is 0 Å². The number of aromatic nitrogens is 3. The zero-order chi connectivity index (χ0) is 27.0. The number of rotatable bonds is 5. The standard InChI is InChI=1S/C33H30BN3O2/c1-32(2)33(3,4)39-34(38-32)28-17-11-16-27(22-28)31-36-29(25-14-9-6-10-15-25)35-30(37-31)26-20-18-24(19-21-26)23-12-7-5-8-13-23/h5-22H,1-4H3. The Labute approximate surface area is 230 Å². The predicted octanol–water partition coefficient (Wildman–Crippen LogP) is 6.84. The lowest BCUT2D eigenvalue weighted by atomic mass is 9.78. The van der Waals surface area contributed by atoms with Crippen LogP contribution in [0.1, 0.15) is 27.7 Å². The normalized spacial score (nSPS) is 15.8. The van der Waals surface area contributed by atoms with Crippen LogP contribution in [0.25, 0.3) is 45.3 Å². The Kier molecular flexibility index (Phi) is 6.38. The highest BCUT2D eigenvalue weighted by molar-refractivity contribution is 6.62. The van der Waals surface area contributed by atoms with Gasteiger partial charge in [-0.1, -0.05) is 109 Å². The van der Waals surface area contributed by atoms with Crippen LogP contribution in [0, 0.1) is 0 Å². The molecule has 0 radical (unpaired) electrons. The Balaban J connectivity index is 1.41. The van der Waals surface area contributed by atoms with Gasteiger partial charge in [0, 0.05) is 16.7 Å². The first-order valence-electron chi connectivity index (χ1n) is 13.2. The molecule has 0 aliphatic carbocycles. The van der Waals surface area contributed by atoms with Gasteiger partial charge in [-0.25, -0.2) is 15.0 Å². The summed E-state index contributed by atoms with van der Waals surface area (Å²) in [7, 11) is -0.463. The maximum absolute atomic E-state index is 6.30. The Bertz CT molecular complexity index is 1590. The van der Waals surface area contributed by atoms with Crippen LogP contribution in [0.3, 0.4) is 0 Å². The van der Waals surface area contributed by atoms with Gasteiger partial charge in [0.25, 0.3) is 0 Å². The Morgan fingerprint density at radius 2 is 0.872 bits per heavy atom. The van der Waals surface area contributed by atoms with Gasteiger partial charge in [0.05, 0.1) is 11.2 Å². The monoisotopic (exact) mass is 511 g/mol. The van der Waals surface area contributed by atoms with Gasteiger partial charge in [-0.2, -0.15) is 0 Å². The summed E-state index contributed by atoms with van der Waals surface area (Å²) in [5.41, 5.74) is 5.16. The minimum Gasteiger partial charge on any atom is -0.399 e. The molecule has 1 aliphatic rings. The molecule has 4 aromatic carbocycles. The summed E-state index contributed by atoms with van der Waals surface area (Å²) in [5.74, 6) is 1.85. The van der Waals surface area contributed by atoms with E-state index in [4.69, 9.17) is 24.3 Å². The van der Waals surface area contributed by atoms with Crippen molar-refractivity contribution in [3.8, 4) is 45.3 Å². The summed E-state index contributed by atoms with van der Waals surface area (Å²) < 4.78 is 12.6. The highest BCUT2D eigenvalue weighted by Crippen LogP contribution is 2.36. The highest BCUT2D eigenvalue weighted by Gasteiger charge is 2.51. The molecule has 6 heteroatoms. The summed E-state index contributed by atoms with van der Waals surface area (Å²) in [4.78, 5) is 14.7. The molecular formula is C33H30BN3O2. The molecule has 1 fully saturated rings. The minimum absolute atomic E-state index is 0.416. The van der Waals surface area contributed by atoms with Crippen LogP contribution in [0.5, 0.6) is 0 Å². The SMILES string of the molecule is CC1(C)OB(c2cccc(-c3nc(-c4ccccc4)nc(-c4ccc(-c5ccccc5)cc4)n3)c2)OC1(C)C. The van der Waals surface area contributed by atoms with Crippen molar-refractivity contribution in [3.63, 3.8) is 0 Å². The van der Waals surface area contributed by atoms with Crippen LogP contribution in [-0.2, 0) is 9.31 Å². The van der Waals surface area contributed by atoms with E-state index >= 15 is 0 Å². The van der Waals surface area contributed by atoms with E-state index in [1.807, 2.05) is 66.7 Å². The lowest BCUT2D eigenvalue weighted by Gasteiger charge is -2.32. The second-order valence-electron chi connectivity index (χ2n) is 10.8. The number of hydrogen-bond donors (Lipinski definition) is 0. The molecule has 5 aromatic rings. The van der Waals surface area contributed by atoms with E-state index in [1.54, 1.807) is 0 Å². The third-order valence-electron chi connectivity index (χ3n) is 7.59. The van der Waals surface area contributed by atoms with E-state index in [1.165, 1.54) is 5.56 Å². The molecule has 0 spiro atoms. The molecule has 0 saturated carbocycles. The molecular weight excluding hydrogens is 481 g/mol. The zero-order valence-corrected chi connectivity index (χ0v) is 22.6. The fraction of sp³-hybridized carbons (Fsp3) is 0.182. The largest absolute Gasteiger partial charge is 0.494 e. The second kappa shape index (κ2) is 9.88. The van der Waals surface area contributed by atoms with Crippen molar-refractivity contribution in [3.05, 3.63) is 109 Å². The zero-order valence-electron chi connectivity index (χ0n) is 22.6. The van der Waals surface area contributed by atoms with Crippen LogP contribution < -0.4 is 5.46 Å². The van der Waals surface area contributed by atoms with Crippen LogP contribution in [0.15, 0.2) is 109 Å². The maximum atomic E-state index is 6.30. The average molecular weight is 511 g/mol. The first-order chi connectivity index (χ1) is 18.8. The molecule has 0 amide bonds. The molecule has 6 rings (SSSR count). The summed E-state index contributed by atoms with van der Waals surface area (Å²) >= 11 is 0. The quantitative estimate of drug-likeness (QED) is 0.242. The van der Waals surface area contributed by atoms with Gasteiger partial charge < -0.3 is 9.31 Å². The molecule has 1 aromatic heterocycles. The maximum Gasteiger partial charge on any atom is 0.494 e. The van der Waals surface area contributed by atoms with Crippen molar-refractivity contribution in [2.24, 2.45) is 0 Å². The van der Waals surface area contributed by atoms with E-state index in [2.05, 4.69) is 70.2 Å². The summed E-state index contributed by atoms with van der Waals surface area (Å²) in [5, 5.41) is 0. The van der Waals surface area contributed by atoms with E-state index in [0.29, 0.717) is 17.5 Å². The smallest absolute Gasteiger partial charge is 0.399 e. The van der Waals surface area contributed by atoms with Crippen molar-refractivity contribution >= 4 is 12.6 Å². The van der Waals surface area contributed by atoms with E-state index in [0.717, 1.165) is 27.7 Å². The third-order valence-corrected chi connectivity index (χ3v) is 7.59. The molecule has 39 heavy (non-hydrogen) atoms. The lowest BCUT2D eigenvalue weighted by Crippen LogP contribution is -2.41. The van der Waals surface area contributed by atoms with Crippen molar-refractivity contribution < 1.29 is 9.31 Å². The number of benzene rings is 4. The van der Waals surface area contributed by atoms with E-state index in [-0.39, 0.29) is 0 Å². The third kappa shape index (κ3) is 5.01. The molecule has 0 N–H and O–H groups in total. The molecule has 2 heterocycles. The first-order valence-corrected chi connectivity index (χ1v) is 13.2. The van der Waals surface area contributed by atoms with Gasteiger partial charge in [0.1, 0.15) is 0 Å². The molecule has 192 valence electrons. The predicted molar refractivity (Wildman–Crippen MR) is 157 cm³/mol. The summed E-state index contributed by atoms with van der Waals surface area (Å²) in [6, 6.07) is 36.8. The van der Waals surface area contributed by atoms with E-state index < -0.39 is 18.3 Å². The van der Waals surface area contributed by atoms with Gasteiger partial charge in [0.15, 0.2) is 17.5 Å². The minimum atomic E-state index is -0.463. The fourth-order valence-corrected chi connectivity index (χ4v) is 4.60. The first kappa shape index (κ1) is 25.2.